The third-order valence-corrected chi connectivity index (χ3v) is 9.34. The fourth-order valence-electron chi connectivity index (χ4n) is 5.02. The Hall–Kier alpha value is -3.71. The van der Waals surface area contributed by atoms with E-state index < -0.39 is 33.1 Å². The van der Waals surface area contributed by atoms with Crippen molar-refractivity contribution in [2.24, 2.45) is 5.41 Å². The number of nitrogens with zero attached hydrogens (tertiary/aromatic N) is 3. The van der Waals surface area contributed by atoms with Gasteiger partial charge in [-0.2, -0.15) is 13.2 Å². The van der Waals surface area contributed by atoms with Crippen molar-refractivity contribution in [3.8, 4) is 0 Å². The normalized spacial score (nSPS) is 17.7. The topological polar surface area (TPSA) is 99.7 Å². The van der Waals surface area contributed by atoms with Crippen molar-refractivity contribution in [1.82, 2.24) is 9.88 Å². The third kappa shape index (κ3) is 5.22. The molecule has 40 heavy (non-hydrogen) atoms. The zero-order valence-corrected chi connectivity index (χ0v) is 23.1. The number of hydrogen-bond donors (Lipinski definition) is 1. The summed E-state index contributed by atoms with van der Waals surface area (Å²) in [4.78, 5) is 33.5. The Labute approximate surface area is 234 Å². The lowest BCUT2D eigenvalue weighted by atomic mass is 9.74. The van der Waals surface area contributed by atoms with E-state index in [0.717, 1.165) is 23.5 Å². The van der Waals surface area contributed by atoms with Crippen LogP contribution >= 0.6 is 11.3 Å². The molecule has 0 saturated carbocycles. The average Bonchev–Trinajstić information content (AvgIpc) is 3.57. The maximum Gasteiger partial charge on any atom is 0.416 e. The van der Waals surface area contributed by atoms with Crippen molar-refractivity contribution in [2.75, 3.05) is 29.3 Å². The molecule has 1 fully saturated rings. The van der Waals surface area contributed by atoms with Crippen molar-refractivity contribution < 1.29 is 32.6 Å². The molecule has 1 aliphatic heterocycles. The van der Waals surface area contributed by atoms with Gasteiger partial charge in [-0.15, -0.1) is 11.3 Å². The van der Waals surface area contributed by atoms with Gasteiger partial charge in [0.1, 0.15) is 6.54 Å². The van der Waals surface area contributed by atoms with Crippen LogP contribution in [-0.4, -0.2) is 49.8 Å². The lowest BCUT2D eigenvalue weighted by Crippen LogP contribution is -2.55. The summed E-state index contributed by atoms with van der Waals surface area (Å²) >= 11 is 1.15. The number of piperazine rings is 1. The van der Waals surface area contributed by atoms with Crippen LogP contribution < -0.4 is 9.62 Å². The average molecular weight is 593 g/mol. The Bertz CT molecular complexity index is 1590. The van der Waals surface area contributed by atoms with Gasteiger partial charge in [0.15, 0.2) is 5.13 Å². The summed E-state index contributed by atoms with van der Waals surface area (Å²) in [5.74, 6) is -1.28. The molecule has 2 aliphatic rings. The van der Waals surface area contributed by atoms with Crippen LogP contribution in [0.15, 0.2) is 65.0 Å². The smallest absolute Gasteiger partial charge is 0.331 e. The zero-order valence-electron chi connectivity index (χ0n) is 21.5. The number of anilines is 2. The van der Waals surface area contributed by atoms with E-state index in [-0.39, 0.29) is 42.9 Å². The first kappa shape index (κ1) is 27.8. The number of carbonyl (C=O) groups excluding carboxylic acids is 2. The summed E-state index contributed by atoms with van der Waals surface area (Å²) in [6.07, 6.45) is 0.434. The van der Waals surface area contributed by atoms with Crippen LogP contribution in [0.1, 0.15) is 37.9 Å². The highest BCUT2D eigenvalue weighted by Gasteiger charge is 2.44. The number of rotatable bonds is 6. The summed E-state index contributed by atoms with van der Waals surface area (Å²) in [6.45, 7) is 3.54. The van der Waals surface area contributed by atoms with Gasteiger partial charge in [0.25, 0.3) is 10.0 Å². The number of nitrogens with one attached hydrogen (secondary N) is 1. The molecule has 212 valence electrons. The first-order valence-electron chi connectivity index (χ1n) is 12.3. The van der Waals surface area contributed by atoms with E-state index >= 15 is 0 Å². The van der Waals surface area contributed by atoms with Crippen molar-refractivity contribution in [3.05, 3.63) is 76.8 Å². The largest absolute Gasteiger partial charge is 0.416 e. The van der Waals surface area contributed by atoms with E-state index in [4.69, 9.17) is 0 Å². The SMILES string of the molecule is CC(C)(C(=O)N1CCN(c2ccc(S(=O)(=O)Nc3nccs3)cc2)C(=O)C1)C1C=Cc2ccc(C(F)(F)F)cc21.[HH]. The molecular weight excluding hydrogens is 565 g/mol. The highest BCUT2D eigenvalue weighted by Crippen LogP contribution is 2.46. The summed E-state index contributed by atoms with van der Waals surface area (Å²) in [5.41, 5.74) is -0.333. The fourth-order valence-corrected chi connectivity index (χ4v) is 6.81. The van der Waals surface area contributed by atoms with E-state index in [2.05, 4.69) is 9.71 Å². The van der Waals surface area contributed by atoms with Gasteiger partial charge in [-0.1, -0.05) is 32.1 Å². The summed E-state index contributed by atoms with van der Waals surface area (Å²) in [5, 5.41) is 1.88. The molecule has 13 heteroatoms. The quantitative estimate of drug-likeness (QED) is 0.423. The highest BCUT2D eigenvalue weighted by atomic mass is 32.2. The molecule has 2 amide bonds. The number of benzene rings is 2. The lowest BCUT2D eigenvalue weighted by molar-refractivity contribution is -0.144. The molecule has 0 bridgehead atoms. The fraction of sp³-hybridized carbons (Fsp3) is 0.296. The second-order valence-electron chi connectivity index (χ2n) is 10.1. The first-order valence-corrected chi connectivity index (χ1v) is 14.6. The number of aromatic nitrogens is 1. The molecule has 0 spiro atoms. The zero-order chi connectivity index (χ0) is 28.9. The third-order valence-electron chi connectivity index (χ3n) is 7.17. The van der Waals surface area contributed by atoms with Crippen LogP contribution in [0.5, 0.6) is 0 Å². The maximum atomic E-state index is 13.6. The second kappa shape index (κ2) is 10.0. The number of hydrogen-bond acceptors (Lipinski definition) is 6. The van der Waals surface area contributed by atoms with Crippen LogP contribution in [0.3, 0.4) is 0 Å². The Morgan fingerprint density at radius 3 is 2.48 bits per heavy atom. The number of alkyl halides is 3. The molecule has 1 N–H and O–H groups in total. The van der Waals surface area contributed by atoms with Gasteiger partial charge in [-0.25, -0.2) is 13.4 Å². The van der Waals surface area contributed by atoms with Gasteiger partial charge in [0.05, 0.1) is 15.9 Å². The Morgan fingerprint density at radius 2 is 1.85 bits per heavy atom. The molecule has 2 aromatic carbocycles. The van der Waals surface area contributed by atoms with Gasteiger partial charge in [0.2, 0.25) is 11.8 Å². The molecule has 2 heterocycles. The van der Waals surface area contributed by atoms with Gasteiger partial charge in [-0.05, 0) is 47.5 Å². The van der Waals surface area contributed by atoms with E-state index in [9.17, 15) is 31.2 Å². The predicted octanol–water partition coefficient (Wildman–Crippen LogP) is 5.22. The molecule has 1 unspecified atom stereocenters. The molecule has 8 nitrogen and oxygen atoms in total. The van der Waals surface area contributed by atoms with Crippen molar-refractivity contribution in [3.63, 3.8) is 0 Å². The molecule has 5 rings (SSSR count). The van der Waals surface area contributed by atoms with Gasteiger partial charge < -0.3 is 9.80 Å². The molecule has 1 aromatic heterocycles. The number of allylic oxidation sites excluding steroid dienone is 1. The Balaban J connectivity index is 0.00000387. The summed E-state index contributed by atoms with van der Waals surface area (Å²) in [7, 11) is -3.85. The van der Waals surface area contributed by atoms with Crippen LogP contribution in [0.4, 0.5) is 24.0 Å². The van der Waals surface area contributed by atoms with E-state index in [1.54, 1.807) is 31.4 Å². The predicted molar refractivity (Wildman–Crippen MR) is 147 cm³/mol. The van der Waals surface area contributed by atoms with Gasteiger partial charge in [0, 0.05) is 37.7 Å². The monoisotopic (exact) mass is 592 g/mol. The number of carbonyl (C=O) groups is 2. The second-order valence-corrected chi connectivity index (χ2v) is 12.7. The molecule has 0 radical (unpaired) electrons. The van der Waals surface area contributed by atoms with Crippen LogP contribution in [0.25, 0.3) is 6.08 Å². The van der Waals surface area contributed by atoms with Crippen LogP contribution in [0, 0.1) is 5.41 Å². The molecular formula is C27H27F3N4O4S2. The minimum atomic E-state index is -4.50. The Morgan fingerprint density at radius 1 is 1.12 bits per heavy atom. The summed E-state index contributed by atoms with van der Waals surface area (Å²) in [6, 6.07) is 9.34. The van der Waals surface area contributed by atoms with Crippen molar-refractivity contribution in [1.29, 1.82) is 0 Å². The number of fused-ring (bicyclic) bond motifs is 1. The van der Waals surface area contributed by atoms with Gasteiger partial charge >= 0.3 is 6.18 Å². The van der Waals surface area contributed by atoms with Crippen LogP contribution in [-0.2, 0) is 25.8 Å². The molecule has 1 atom stereocenters. The minimum Gasteiger partial charge on any atom is -0.331 e. The summed E-state index contributed by atoms with van der Waals surface area (Å²) < 4.78 is 67.6. The number of thiazole rings is 1. The van der Waals surface area contributed by atoms with Crippen molar-refractivity contribution >= 4 is 50.1 Å². The van der Waals surface area contributed by atoms with E-state index in [1.165, 1.54) is 46.3 Å². The molecule has 1 saturated heterocycles. The minimum absolute atomic E-state index is 0. The maximum absolute atomic E-state index is 13.6. The van der Waals surface area contributed by atoms with Crippen molar-refractivity contribution in [2.45, 2.75) is 30.8 Å². The number of sulfonamides is 1. The van der Waals surface area contributed by atoms with Gasteiger partial charge in [-0.3, -0.25) is 14.3 Å². The highest BCUT2D eigenvalue weighted by molar-refractivity contribution is 7.93. The molecule has 3 aromatic rings. The standard InChI is InChI=1S/C27H25F3N4O4S2.H2/c1-26(2,22-10-4-17-3-5-18(15-21(17)22)27(28,29)30)24(36)33-12-13-34(23(35)16-33)19-6-8-20(9-7-19)40(37,38)32-25-31-11-14-39-25;/h3-11,14-15,22H,12-13,16H2,1-2H3,(H,31,32);1H. The van der Waals surface area contributed by atoms with Crippen LogP contribution in [0.2, 0.25) is 0 Å². The number of amides is 2. The van der Waals surface area contributed by atoms with E-state index in [0.29, 0.717) is 16.8 Å². The number of halogens is 3. The first-order chi connectivity index (χ1) is 18.8. The molecule has 1 aliphatic carbocycles. The Kier molecular flexibility index (Phi) is 6.99. The van der Waals surface area contributed by atoms with E-state index in [1.807, 2.05) is 0 Å². The lowest BCUT2D eigenvalue weighted by Gasteiger charge is -2.40.